The molecule has 0 radical (unpaired) electrons. The minimum atomic E-state index is -3.77. The fraction of sp³-hybridized carbons (Fsp3) is 0.263. The molecule has 2 rings (SSSR count). The topological polar surface area (TPSA) is 92.8 Å². The van der Waals surface area contributed by atoms with Crippen molar-refractivity contribution in [1.29, 1.82) is 0 Å². The van der Waals surface area contributed by atoms with Gasteiger partial charge in [-0.3, -0.25) is 4.79 Å². The van der Waals surface area contributed by atoms with E-state index in [-0.39, 0.29) is 31.8 Å². The number of nitrogens with one attached hydrogen (secondary N) is 1. The molecule has 0 aliphatic rings. The van der Waals surface area contributed by atoms with E-state index in [9.17, 15) is 18.0 Å². The van der Waals surface area contributed by atoms with Crippen LogP contribution in [-0.2, 0) is 14.8 Å². The number of amides is 1. The van der Waals surface area contributed by atoms with Gasteiger partial charge in [0, 0.05) is 13.1 Å². The number of hydrogen-bond acceptors (Lipinski definition) is 5. The first-order chi connectivity index (χ1) is 13.6. The molecule has 1 N–H and O–H groups in total. The van der Waals surface area contributed by atoms with Gasteiger partial charge in [-0.1, -0.05) is 37.0 Å². The predicted octanol–water partition coefficient (Wildman–Crippen LogP) is 4.06. The lowest BCUT2D eigenvalue weighted by Crippen LogP contribution is -2.30. The maximum Gasteiger partial charge on any atom is 0.337 e. The summed E-state index contributed by atoms with van der Waals surface area (Å²) in [5.74, 6) is -1.27. The monoisotopic (exact) mass is 458 g/mol. The fourth-order valence-corrected chi connectivity index (χ4v) is 4.46. The zero-order valence-corrected chi connectivity index (χ0v) is 18.4. The van der Waals surface area contributed by atoms with E-state index in [4.69, 9.17) is 23.2 Å². The summed E-state index contributed by atoms with van der Waals surface area (Å²) in [6.45, 7) is 4.03. The highest BCUT2D eigenvalue weighted by molar-refractivity contribution is 7.89. The van der Waals surface area contributed by atoms with E-state index < -0.39 is 21.9 Å². The highest BCUT2D eigenvalue weighted by Crippen LogP contribution is 2.27. The zero-order chi connectivity index (χ0) is 21.8. The van der Waals surface area contributed by atoms with E-state index in [1.807, 2.05) is 0 Å². The maximum atomic E-state index is 12.7. The van der Waals surface area contributed by atoms with Crippen molar-refractivity contribution in [2.24, 2.45) is 0 Å². The maximum absolute atomic E-state index is 12.7. The van der Waals surface area contributed by atoms with E-state index >= 15 is 0 Å². The summed E-state index contributed by atoms with van der Waals surface area (Å²) in [5.41, 5.74) is 0.309. The molecule has 29 heavy (non-hydrogen) atoms. The van der Waals surface area contributed by atoms with Crippen LogP contribution >= 0.6 is 23.2 Å². The average molecular weight is 459 g/mol. The zero-order valence-electron chi connectivity index (χ0n) is 16.0. The standard InChI is InChI=1S/C19H20Cl2N2O5S/c1-4-23(5-2)29(26,27)13-7-9-15(20)14(11-13)18(24)22-17-10-12(19(25)28-3)6-8-16(17)21/h6-11H,4-5H2,1-3H3,(H,22,24). The van der Waals surface area contributed by atoms with Gasteiger partial charge in [0.25, 0.3) is 5.91 Å². The third-order valence-corrected chi connectivity index (χ3v) is 6.87. The molecule has 0 aliphatic heterocycles. The van der Waals surface area contributed by atoms with Crippen molar-refractivity contribution in [2.75, 3.05) is 25.5 Å². The fourth-order valence-electron chi connectivity index (χ4n) is 2.61. The summed E-state index contributed by atoms with van der Waals surface area (Å²) in [5, 5.41) is 2.81. The molecule has 7 nitrogen and oxygen atoms in total. The number of carbonyl (C=O) groups excluding carboxylic acids is 2. The molecule has 0 unspecified atom stereocenters. The molecule has 0 saturated carbocycles. The molecular weight excluding hydrogens is 439 g/mol. The number of nitrogens with zero attached hydrogens (tertiary/aromatic N) is 1. The van der Waals surface area contributed by atoms with Crippen LogP contribution in [0.15, 0.2) is 41.3 Å². The van der Waals surface area contributed by atoms with Gasteiger partial charge in [-0.2, -0.15) is 4.31 Å². The third kappa shape index (κ3) is 5.08. The van der Waals surface area contributed by atoms with Crippen LogP contribution in [0, 0.1) is 0 Å². The quantitative estimate of drug-likeness (QED) is 0.631. The molecule has 0 saturated heterocycles. The van der Waals surface area contributed by atoms with Crippen molar-refractivity contribution in [3.05, 3.63) is 57.6 Å². The van der Waals surface area contributed by atoms with Crippen LogP contribution in [0.1, 0.15) is 34.6 Å². The molecule has 1 amide bonds. The van der Waals surface area contributed by atoms with Crippen molar-refractivity contribution in [2.45, 2.75) is 18.7 Å². The first-order valence-corrected chi connectivity index (χ1v) is 10.8. The van der Waals surface area contributed by atoms with E-state index in [1.165, 1.54) is 47.8 Å². The highest BCUT2D eigenvalue weighted by Gasteiger charge is 2.24. The van der Waals surface area contributed by atoms with Gasteiger partial charge in [-0.05, 0) is 36.4 Å². The average Bonchev–Trinajstić information content (AvgIpc) is 2.69. The summed E-state index contributed by atoms with van der Waals surface area (Å²) >= 11 is 12.2. The van der Waals surface area contributed by atoms with Crippen LogP contribution in [0.4, 0.5) is 5.69 Å². The molecule has 0 atom stereocenters. The SMILES string of the molecule is CCN(CC)S(=O)(=O)c1ccc(Cl)c(C(=O)Nc2cc(C(=O)OC)ccc2Cl)c1. The second-order valence-corrected chi connectivity index (χ2v) is 8.62. The smallest absolute Gasteiger partial charge is 0.337 e. The molecule has 0 spiro atoms. The Morgan fingerprint density at radius 3 is 2.24 bits per heavy atom. The van der Waals surface area contributed by atoms with Gasteiger partial charge in [0.2, 0.25) is 10.0 Å². The van der Waals surface area contributed by atoms with Crippen molar-refractivity contribution < 1.29 is 22.7 Å². The Morgan fingerprint density at radius 2 is 1.66 bits per heavy atom. The van der Waals surface area contributed by atoms with Crippen LogP contribution in [0.2, 0.25) is 10.0 Å². The summed E-state index contributed by atoms with van der Waals surface area (Å²) in [4.78, 5) is 24.4. The molecule has 0 bridgehead atoms. The van der Waals surface area contributed by atoms with Crippen molar-refractivity contribution in [3.63, 3.8) is 0 Å². The third-order valence-electron chi connectivity index (χ3n) is 4.16. The van der Waals surface area contributed by atoms with Crippen LogP contribution in [-0.4, -0.2) is 44.8 Å². The Morgan fingerprint density at radius 1 is 1.03 bits per heavy atom. The van der Waals surface area contributed by atoms with Gasteiger partial charge in [0.1, 0.15) is 0 Å². The number of esters is 1. The molecule has 0 aliphatic carbocycles. The van der Waals surface area contributed by atoms with Gasteiger partial charge >= 0.3 is 5.97 Å². The summed E-state index contributed by atoms with van der Waals surface area (Å²) in [6.07, 6.45) is 0. The molecule has 0 heterocycles. The van der Waals surface area contributed by atoms with Gasteiger partial charge < -0.3 is 10.1 Å². The molecular formula is C19H20Cl2N2O5S. The Kier molecular flexibility index (Phi) is 7.65. The van der Waals surface area contributed by atoms with Crippen LogP contribution in [0.25, 0.3) is 0 Å². The van der Waals surface area contributed by atoms with E-state index in [0.717, 1.165) is 0 Å². The second kappa shape index (κ2) is 9.58. The minimum absolute atomic E-state index is 0.0422. The Balaban J connectivity index is 2.41. The van der Waals surface area contributed by atoms with Crippen LogP contribution in [0.3, 0.4) is 0 Å². The normalized spacial score (nSPS) is 11.4. The number of benzene rings is 2. The highest BCUT2D eigenvalue weighted by atomic mass is 35.5. The molecule has 156 valence electrons. The summed E-state index contributed by atoms with van der Waals surface area (Å²) in [6, 6.07) is 8.15. The lowest BCUT2D eigenvalue weighted by molar-refractivity contribution is 0.0600. The molecule has 0 aromatic heterocycles. The Labute approximate surface area is 179 Å². The molecule has 2 aromatic carbocycles. The van der Waals surface area contributed by atoms with Gasteiger partial charge in [-0.15, -0.1) is 0 Å². The first-order valence-electron chi connectivity index (χ1n) is 8.64. The summed E-state index contributed by atoms with van der Waals surface area (Å²) < 4.78 is 31.4. The number of halogens is 2. The largest absolute Gasteiger partial charge is 0.465 e. The lowest BCUT2D eigenvalue weighted by atomic mass is 10.1. The molecule has 10 heteroatoms. The van der Waals surface area contributed by atoms with Crippen molar-refractivity contribution in [1.82, 2.24) is 4.31 Å². The second-order valence-electron chi connectivity index (χ2n) is 5.87. The van der Waals surface area contributed by atoms with Crippen molar-refractivity contribution in [3.8, 4) is 0 Å². The van der Waals surface area contributed by atoms with E-state index in [2.05, 4.69) is 10.1 Å². The van der Waals surface area contributed by atoms with Crippen LogP contribution in [0.5, 0.6) is 0 Å². The van der Waals surface area contributed by atoms with Crippen LogP contribution < -0.4 is 5.32 Å². The first kappa shape index (κ1) is 23.2. The molecule has 0 fully saturated rings. The van der Waals surface area contributed by atoms with Gasteiger partial charge in [-0.25, -0.2) is 13.2 Å². The number of anilines is 1. The van der Waals surface area contributed by atoms with Crippen molar-refractivity contribution >= 4 is 50.8 Å². The number of ether oxygens (including phenoxy) is 1. The number of rotatable bonds is 7. The Hall–Kier alpha value is -2.13. The molecule has 2 aromatic rings. The van der Waals surface area contributed by atoms with E-state index in [0.29, 0.717) is 13.1 Å². The number of methoxy groups -OCH3 is 1. The lowest BCUT2D eigenvalue weighted by Gasteiger charge is -2.19. The minimum Gasteiger partial charge on any atom is -0.465 e. The number of hydrogen-bond donors (Lipinski definition) is 1. The van der Waals surface area contributed by atoms with Gasteiger partial charge in [0.05, 0.1) is 38.9 Å². The number of carbonyl (C=O) groups is 2. The summed E-state index contributed by atoms with van der Waals surface area (Å²) in [7, 11) is -2.54. The Bertz CT molecular complexity index is 1040. The van der Waals surface area contributed by atoms with E-state index in [1.54, 1.807) is 13.8 Å². The van der Waals surface area contributed by atoms with Gasteiger partial charge in [0.15, 0.2) is 0 Å². The predicted molar refractivity (Wildman–Crippen MR) is 112 cm³/mol. The number of sulfonamides is 1.